The number of aromatic amines is 1. The lowest BCUT2D eigenvalue weighted by atomic mass is 10.0. The number of anilines is 1. The number of amides is 2. The molecule has 5 rings (SSSR count). The quantitative estimate of drug-likeness (QED) is 0.311. The van der Waals surface area contributed by atoms with Crippen molar-refractivity contribution in [1.29, 1.82) is 0 Å². The number of carbonyl (C=O) groups excluding carboxylic acids is 2. The third kappa shape index (κ3) is 7.36. The Hall–Kier alpha value is -4.09. The van der Waals surface area contributed by atoms with Crippen LogP contribution in [0.25, 0.3) is 0 Å². The zero-order valence-corrected chi connectivity index (χ0v) is 23.5. The molecule has 2 heterocycles. The Balaban J connectivity index is 1.21. The van der Waals surface area contributed by atoms with E-state index in [9.17, 15) is 9.59 Å². The molecule has 3 N–H and O–H groups in total. The van der Waals surface area contributed by atoms with E-state index in [-0.39, 0.29) is 24.0 Å². The van der Waals surface area contributed by atoms with Crippen LogP contribution >= 0.6 is 0 Å². The van der Waals surface area contributed by atoms with Gasteiger partial charge in [-0.05, 0) is 69.0 Å². The van der Waals surface area contributed by atoms with Crippen LogP contribution in [-0.2, 0) is 20.8 Å². The van der Waals surface area contributed by atoms with Crippen LogP contribution in [0.3, 0.4) is 0 Å². The number of nitrogens with zero attached hydrogens (tertiary/aromatic N) is 1. The van der Waals surface area contributed by atoms with Crippen molar-refractivity contribution in [3.8, 4) is 11.5 Å². The minimum absolute atomic E-state index is 0.0239. The van der Waals surface area contributed by atoms with Crippen molar-refractivity contribution in [1.82, 2.24) is 15.5 Å². The van der Waals surface area contributed by atoms with Crippen LogP contribution in [0.15, 0.2) is 48.5 Å². The Kier molecular flexibility index (Phi) is 9.05. The lowest BCUT2D eigenvalue weighted by Crippen LogP contribution is -2.33. The van der Waals surface area contributed by atoms with E-state index in [4.69, 9.17) is 23.7 Å². The van der Waals surface area contributed by atoms with E-state index in [1.165, 1.54) is 0 Å². The molecule has 0 spiro atoms. The smallest absolute Gasteiger partial charge is 0.407 e. The second-order valence-electron chi connectivity index (χ2n) is 10.5. The SMILES string of the molecule is COc1ccc(COc2ccc(C(=O)Nc3cc([C@H]4CC[C@@H](OC(=O)NC(C)C)C4)[nH]n3)cc2C2OCCO2)cc1. The van der Waals surface area contributed by atoms with Crippen LogP contribution < -0.4 is 20.1 Å². The molecule has 2 aromatic carbocycles. The standard InChI is InChI=1S/C30H36N4O7/c1-18(2)31-30(36)41-23-10-6-20(14-23)25-16-27(34-33-25)32-28(35)21-7-11-26(24(15-21)29-38-12-13-39-29)40-17-19-4-8-22(37-3)9-5-19/h4-5,7-9,11,15-16,18,20,23,29H,6,10,12-14,17H2,1-3H3,(H,31,36)(H2,32,33,34,35)/t20-,23+/m0/s1. The zero-order chi connectivity index (χ0) is 28.8. The fraction of sp³-hybridized carbons (Fsp3) is 0.433. The summed E-state index contributed by atoms with van der Waals surface area (Å²) in [6.07, 6.45) is 1.17. The summed E-state index contributed by atoms with van der Waals surface area (Å²) >= 11 is 0. The molecule has 1 saturated heterocycles. The minimum atomic E-state index is -0.620. The first-order valence-electron chi connectivity index (χ1n) is 13.8. The summed E-state index contributed by atoms with van der Waals surface area (Å²) in [6, 6.07) is 14.7. The van der Waals surface area contributed by atoms with E-state index in [0.29, 0.717) is 48.9 Å². The van der Waals surface area contributed by atoms with Crippen LogP contribution in [0, 0.1) is 0 Å². The van der Waals surface area contributed by atoms with Gasteiger partial charge in [0.15, 0.2) is 12.1 Å². The zero-order valence-electron chi connectivity index (χ0n) is 23.5. The fourth-order valence-corrected chi connectivity index (χ4v) is 4.98. The number of hydrogen-bond acceptors (Lipinski definition) is 8. The van der Waals surface area contributed by atoms with Crippen molar-refractivity contribution in [2.75, 3.05) is 25.6 Å². The third-order valence-corrected chi connectivity index (χ3v) is 7.04. The molecule has 1 aliphatic heterocycles. The summed E-state index contributed by atoms with van der Waals surface area (Å²) < 4.78 is 28.3. The Morgan fingerprint density at radius 1 is 1.07 bits per heavy atom. The summed E-state index contributed by atoms with van der Waals surface area (Å²) in [6.45, 7) is 5.04. The Labute approximate surface area is 238 Å². The number of alkyl carbamates (subject to hydrolysis) is 1. The molecule has 0 bridgehead atoms. The van der Waals surface area contributed by atoms with Crippen LogP contribution in [0.2, 0.25) is 0 Å². The average Bonchev–Trinajstić information content (AvgIpc) is 3.74. The highest BCUT2D eigenvalue weighted by Gasteiger charge is 2.30. The normalized spacial score (nSPS) is 18.8. The van der Waals surface area contributed by atoms with Crippen molar-refractivity contribution in [2.24, 2.45) is 0 Å². The maximum absolute atomic E-state index is 13.2. The number of carbonyl (C=O) groups is 2. The first-order chi connectivity index (χ1) is 19.9. The van der Waals surface area contributed by atoms with E-state index in [1.807, 2.05) is 44.2 Å². The van der Waals surface area contributed by atoms with Gasteiger partial charge in [-0.1, -0.05) is 12.1 Å². The summed E-state index contributed by atoms with van der Waals surface area (Å²) in [5.74, 6) is 1.61. The van der Waals surface area contributed by atoms with Gasteiger partial charge in [0.2, 0.25) is 0 Å². The summed E-state index contributed by atoms with van der Waals surface area (Å²) in [4.78, 5) is 25.1. The molecule has 218 valence electrons. The molecule has 2 atom stereocenters. The van der Waals surface area contributed by atoms with Gasteiger partial charge in [0.05, 0.1) is 25.9 Å². The highest BCUT2D eigenvalue weighted by molar-refractivity contribution is 6.04. The maximum Gasteiger partial charge on any atom is 0.407 e. The van der Waals surface area contributed by atoms with Gasteiger partial charge < -0.3 is 34.3 Å². The molecule has 2 aliphatic rings. The third-order valence-electron chi connectivity index (χ3n) is 7.04. The number of hydrogen-bond donors (Lipinski definition) is 3. The lowest BCUT2D eigenvalue weighted by Gasteiger charge is -2.17. The molecule has 1 saturated carbocycles. The molecule has 2 amide bonds. The Morgan fingerprint density at radius 2 is 1.85 bits per heavy atom. The molecule has 2 fully saturated rings. The van der Waals surface area contributed by atoms with E-state index in [2.05, 4.69) is 20.8 Å². The average molecular weight is 565 g/mol. The van der Waals surface area contributed by atoms with Crippen molar-refractivity contribution < 1.29 is 33.3 Å². The van der Waals surface area contributed by atoms with Crippen molar-refractivity contribution in [3.63, 3.8) is 0 Å². The number of aromatic nitrogens is 2. The molecular weight excluding hydrogens is 528 g/mol. The number of benzene rings is 2. The molecule has 11 nitrogen and oxygen atoms in total. The first kappa shape index (κ1) is 28.4. The first-order valence-corrected chi connectivity index (χ1v) is 13.8. The van der Waals surface area contributed by atoms with Crippen LogP contribution in [0.1, 0.15) is 72.5 Å². The van der Waals surface area contributed by atoms with E-state index in [1.54, 1.807) is 25.3 Å². The predicted octanol–water partition coefficient (Wildman–Crippen LogP) is 5.07. The second kappa shape index (κ2) is 13.0. The van der Waals surface area contributed by atoms with Crippen LogP contribution in [0.4, 0.5) is 10.6 Å². The summed E-state index contributed by atoms with van der Waals surface area (Å²) in [5, 5.41) is 12.9. The van der Waals surface area contributed by atoms with Crippen molar-refractivity contribution in [2.45, 2.75) is 64.1 Å². The van der Waals surface area contributed by atoms with Gasteiger partial charge in [-0.2, -0.15) is 5.10 Å². The maximum atomic E-state index is 13.2. The molecular formula is C30H36N4O7. The molecule has 1 aliphatic carbocycles. The van der Waals surface area contributed by atoms with Gasteiger partial charge in [-0.25, -0.2) is 4.79 Å². The molecule has 3 aromatic rings. The molecule has 1 aromatic heterocycles. The number of ether oxygens (including phenoxy) is 5. The predicted molar refractivity (Wildman–Crippen MR) is 150 cm³/mol. The number of nitrogens with one attached hydrogen (secondary N) is 3. The monoisotopic (exact) mass is 564 g/mol. The number of rotatable bonds is 10. The van der Waals surface area contributed by atoms with E-state index >= 15 is 0 Å². The number of methoxy groups -OCH3 is 1. The fourth-order valence-electron chi connectivity index (χ4n) is 4.98. The van der Waals surface area contributed by atoms with Gasteiger partial charge in [0.1, 0.15) is 24.2 Å². The van der Waals surface area contributed by atoms with Gasteiger partial charge in [0.25, 0.3) is 5.91 Å². The summed E-state index contributed by atoms with van der Waals surface area (Å²) in [7, 11) is 1.63. The Bertz CT molecular complexity index is 1330. The van der Waals surface area contributed by atoms with Crippen molar-refractivity contribution >= 4 is 17.8 Å². The van der Waals surface area contributed by atoms with Gasteiger partial charge >= 0.3 is 6.09 Å². The van der Waals surface area contributed by atoms with E-state index in [0.717, 1.165) is 29.8 Å². The van der Waals surface area contributed by atoms with Crippen molar-refractivity contribution in [3.05, 3.63) is 70.9 Å². The largest absolute Gasteiger partial charge is 0.497 e. The summed E-state index contributed by atoms with van der Waals surface area (Å²) in [5.41, 5.74) is 2.93. The van der Waals surface area contributed by atoms with Crippen LogP contribution in [0.5, 0.6) is 11.5 Å². The minimum Gasteiger partial charge on any atom is -0.497 e. The molecule has 41 heavy (non-hydrogen) atoms. The molecule has 11 heteroatoms. The Morgan fingerprint density at radius 3 is 2.59 bits per heavy atom. The lowest BCUT2D eigenvalue weighted by molar-refractivity contribution is -0.0459. The highest BCUT2D eigenvalue weighted by atomic mass is 16.7. The van der Waals surface area contributed by atoms with Gasteiger partial charge in [0, 0.05) is 29.3 Å². The number of H-pyrrole nitrogens is 1. The van der Waals surface area contributed by atoms with Gasteiger partial charge in [-0.3, -0.25) is 9.89 Å². The van der Waals surface area contributed by atoms with E-state index < -0.39 is 12.4 Å². The molecule has 0 unspecified atom stereocenters. The highest BCUT2D eigenvalue weighted by Crippen LogP contribution is 2.36. The topological polar surface area (TPSA) is 133 Å². The van der Waals surface area contributed by atoms with Crippen LogP contribution in [-0.4, -0.2) is 54.7 Å². The molecule has 0 radical (unpaired) electrons. The second-order valence-corrected chi connectivity index (χ2v) is 10.5. The van der Waals surface area contributed by atoms with Gasteiger partial charge in [-0.15, -0.1) is 0 Å².